The maximum Gasteiger partial charge on any atom is 0.331 e. The average molecular weight is 359 g/mol. The second-order valence-electron chi connectivity index (χ2n) is 6.94. The summed E-state index contributed by atoms with van der Waals surface area (Å²) < 4.78 is 0. The summed E-state index contributed by atoms with van der Waals surface area (Å²) in [5, 5.41) is 15.1. The molecule has 3 rings (SSSR count). The van der Waals surface area contributed by atoms with Crippen molar-refractivity contribution in [2.45, 2.75) is 50.6 Å². The lowest BCUT2D eigenvalue weighted by Gasteiger charge is -2.34. The van der Waals surface area contributed by atoms with E-state index in [9.17, 15) is 19.5 Å². The predicted octanol–water partition coefficient (Wildman–Crippen LogP) is 1.83. The minimum atomic E-state index is -1.06. The minimum Gasteiger partial charge on any atom is -0.479 e. The van der Waals surface area contributed by atoms with Gasteiger partial charge < -0.3 is 20.6 Å². The molecule has 1 saturated carbocycles. The lowest BCUT2D eigenvalue weighted by Crippen LogP contribution is -2.50. The first-order chi connectivity index (χ1) is 12.6. The molecular weight excluding hydrogens is 334 g/mol. The summed E-state index contributed by atoms with van der Waals surface area (Å²) in [6, 6.07) is 6.07. The highest BCUT2D eigenvalue weighted by Gasteiger charge is 2.35. The molecule has 26 heavy (non-hydrogen) atoms. The maximum absolute atomic E-state index is 12.5. The van der Waals surface area contributed by atoms with Gasteiger partial charge in [0.1, 0.15) is 0 Å². The van der Waals surface area contributed by atoms with E-state index >= 15 is 0 Å². The molecule has 3 amide bonds. The summed E-state index contributed by atoms with van der Waals surface area (Å²) in [4.78, 5) is 37.6. The van der Waals surface area contributed by atoms with Gasteiger partial charge in [0, 0.05) is 12.6 Å². The summed E-state index contributed by atoms with van der Waals surface area (Å²) in [6.07, 6.45) is 5.96. The van der Waals surface area contributed by atoms with E-state index in [0.29, 0.717) is 18.5 Å². The fourth-order valence-corrected chi connectivity index (χ4v) is 3.84. The molecule has 7 heteroatoms. The minimum absolute atomic E-state index is 0.160. The third kappa shape index (κ3) is 4.15. The van der Waals surface area contributed by atoms with E-state index in [1.165, 1.54) is 11.3 Å². The van der Waals surface area contributed by atoms with Crippen LogP contribution in [0.1, 0.15) is 49.3 Å². The molecule has 0 spiro atoms. The van der Waals surface area contributed by atoms with Crippen LogP contribution in [-0.2, 0) is 16.0 Å². The van der Waals surface area contributed by atoms with Crippen molar-refractivity contribution >= 4 is 17.9 Å². The monoisotopic (exact) mass is 359 g/mol. The molecule has 1 unspecified atom stereocenters. The molecule has 3 N–H and O–H groups in total. The first-order valence-corrected chi connectivity index (χ1v) is 9.20. The zero-order valence-corrected chi connectivity index (χ0v) is 14.7. The summed E-state index contributed by atoms with van der Waals surface area (Å²) in [7, 11) is 0. The highest BCUT2D eigenvalue weighted by molar-refractivity contribution is 5.88. The third-order valence-corrected chi connectivity index (χ3v) is 5.18. The van der Waals surface area contributed by atoms with Crippen molar-refractivity contribution in [3.05, 3.63) is 35.4 Å². The number of hydrogen-bond acceptors (Lipinski definition) is 3. The smallest absolute Gasteiger partial charge is 0.331 e. The van der Waals surface area contributed by atoms with Crippen molar-refractivity contribution in [2.75, 3.05) is 13.1 Å². The van der Waals surface area contributed by atoms with Gasteiger partial charge in [0.05, 0.1) is 6.54 Å². The van der Waals surface area contributed by atoms with Gasteiger partial charge in [-0.25, -0.2) is 9.59 Å². The SMILES string of the molecule is O=C(NCC(=O)N1CCc2ccccc2C1C(=O)O)NC1CCCCC1. The van der Waals surface area contributed by atoms with Gasteiger partial charge in [-0.2, -0.15) is 0 Å². The molecule has 1 aromatic rings. The number of carbonyl (C=O) groups excluding carboxylic acids is 2. The number of hydrogen-bond donors (Lipinski definition) is 3. The molecule has 1 aromatic carbocycles. The summed E-state index contributed by atoms with van der Waals surface area (Å²) in [5.74, 6) is -1.44. The number of urea groups is 1. The molecule has 7 nitrogen and oxygen atoms in total. The van der Waals surface area contributed by atoms with Crippen LogP contribution in [0.5, 0.6) is 0 Å². The number of rotatable bonds is 4. The van der Waals surface area contributed by atoms with Crippen LogP contribution in [0.15, 0.2) is 24.3 Å². The summed E-state index contributed by atoms with van der Waals surface area (Å²) in [5.41, 5.74) is 1.60. The fourth-order valence-electron chi connectivity index (χ4n) is 3.84. The summed E-state index contributed by atoms with van der Waals surface area (Å²) in [6.45, 7) is 0.128. The number of carboxylic acid groups (broad SMARTS) is 1. The van der Waals surface area contributed by atoms with Crippen LogP contribution in [0.2, 0.25) is 0 Å². The van der Waals surface area contributed by atoms with E-state index < -0.39 is 12.0 Å². The van der Waals surface area contributed by atoms with E-state index in [-0.39, 0.29) is 24.5 Å². The van der Waals surface area contributed by atoms with Gasteiger partial charge >= 0.3 is 12.0 Å². The molecule has 1 aliphatic heterocycles. The van der Waals surface area contributed by atoms with Gasteiger partial charge in [-0.05, 0) is 30.4 Å². The molecule has 0 aromatic heterocycles. The molecular formula is C19H25N3O4. The van der Waals surface area contributed by atoms with Crippen LogP contribution in [-0.4, -0.2) is 47.0 Å². The molecule has 1 atom stereocenters. The second kappa shape index (κ2) is 8.21. The van der Waals surface area contributed by atoms with Crippen LogP contribution in [0.4, 0.5) is 4.79 Å². The Morgan fingerprint density at radius 2 is 1.85 bits per heavy atom. The Hall–Kier alpha value is -2.57. The molecule has 0 bridgehead atoms. The Morgan fingerprint density at radius 1 is 1.12 bits per heavy atom. The van der Waals surface area contributed by atoms with Gasteiger partial charge in [0.2, 0.25) is 5.91 Å². The molecule has 0 radical (unpaired) electrons. The van der Waals surface area contributed by atoms with Crippen LogP contribution < -0.4 is 10.6 Å². The average Bonchev–Trinajstić information content (AvgIpc) is 2.65. The van der Waals surface area contributed by atoms with Gasteiger partial charge in [0.15, 0.2) is 6.04 Å². The zero-order chi connectivity index (χ0) is 18.5. The molecule has 140 valence electrons. The molecule has 1 aliphatic carbocycles. The standard InChI is InChI=1S/C19H25N3O4/c23-16(12-20-19(26)21-14-7-2-1-3-8-14)22-11-10-13-6-4-5-9-15(13)17(22)18(24)25/h4-6,9,14,17H,1-3,7-8,10-12H2,(H,24,25)(H2,20,21,26). The number of benzene rings is 1. The Morgan fingerprint density at radius 3 is 2.58 bits per heavy atom. The number of carboxylic acids is 1. The Bertz CT molecular complexity index is 685. The topological polar surface area (TPSA) is 98.7 Å². The molecule has 1 heterocycles. The molecule has 0 saturated heterocycles. The van der Waals surface area contributed by atoms with E-state index in [1.54, 1.807) is 12.1 Å². The highest BCUT2D eigenvalue weighted by Crippen LogP contribution is 2.29. The number of fused-ring (bicyclic) bond motifs is 1. The lowest BCUT2D eigenvalue weighted by atomic mass is 9.92. The molecule has 2 aliphatic rings. The van der Waals surface area contributed by atoms with Crippen molar-refractivity contribution < 1.29 is 19.5 Å². The molecule has 1 fully saturated rings. The van der Waals surface area contributed by atoms with Crippen molar-refractivity contribution in [3.8, 4) is 0 Å². The van der Waals surface area contributed by atoms with E-state index in [4.69, 9.17) is 0 Å². The van der Waals surface area contributed by atoms with E-state index in [0.717, 1.165) is 31.2 Å². The quantitative estimate of drug-likeness (QED) is 0.764. The van der Waals surface area contributed by atoms with Crippen molar-refractivity contribution in [1.29, 1.82) is 0 Å². The Labute approximate surface area is 152 Å². The highest BCUT2D eigenvalue weighted by atomic mass is 16.4. The van der Waals surface area contributed by atoms with Crippen LogP contribution in [0, 0.1) is 0 Å². The largest absolute Gasteiger partial charge is 0.479 e. The maximum atomic E-state index is 12.5. The van der Waals surface area contributed by atoms with Gasteiger partial charge in [-0.15, -0.1) is 0 Å². The summed E-state index contributed by atoms with van der Waals surface area (Å²) >= 11 is 0. The first kappa shape index (κ1) is 18.2. The van der Waals surface area contributed by atoms with E-state index in [2.05, 4.69) is 10.6 Å². The first-order valence-electron chi connectivity index (χ1n) is 9.20. The predicted molar refractivity (Wildman–Crippen MR) is 95.6 cm³/mol. The lowest BCUT2D eigenvalue weighted by molar-refractivity contribution is -0.150. The normalized spacial score (nSPS) is 20.2. The van der Waals surface area contributed by atoms with Crippen molar-refractivity contribution in [2.24, 2.45) is 0 Å². The second-order valence-corrected chi connectivity index (χ2v) is 6.94. The number of amides is 3. The van der Waals surface area contributed by atoms with Gasteiger partial charge in [-0.1, -0.05) is 43.5 Å². The number of carbonyl (C=O) groups is 3. The van der Waals surface area contributed by atoms with Crippen LogP contribution >= 0.6 is 0 Å². The van der Waals surface area contributed by atoms with Crippen LogP contribution in [0.3, 0.4) is 0 Å². The van der Waals surface area contributed by atoms with Gasteiger partial charge in [-0.3, -0.25) is 4.79 Å². The zero-order valence-electron chi connectivity index (χ0n) is 14.7. The number of nitrogens with zero attached hydrogens (tertiary/aromatic N) is 1. The third-order valence-electron chi connectivity index (χ3n) is 5.18. The Kier molecular flexibility index (Phi) is 5.75. The van der Waals surface area contributed by atoms with Crippen LogP contribution in [0.25, 0.3) is 0 Å². The van der Waals surface area contributed by atoms with Crippen molar-refractivity contribution in [3.63, 3.8) is 0 Å². The van der Waals surface area contributed by atoms with Gasteiger partial charge in [0.25, 0.3) is 0 Å². The number of aliphatic carboxylic acids is 1. The van der Waals surface area contributed by atoms with Crippen molar-refractivity contribution in [1.82, 2.24) is 15.5 Å². The van der Waals surface area contributed by atoms with E-state index in [1.807, 2.05) is 12.1 Å². The Balaban J connectivity index is 1.58. The fraction of sp³-hybridized carbons (Fsp3) is 0.526. The number of nitrogens with one attached hydrogen (secondary N) is 2.